The van der Waals surface area contributed by atoms with Crippen LogP contribution in [-0.4, -0.2) is 56.5 Å². The van der Waals surface area contributed by atoms with Crippen molar-refractivity contribution in [1.29, 1.82) is 0 Å². The molecule has 2 heterocycles. The lowest BCUT2D eigenvalue weighted by Crippen LogP contribution is -2.45. The third-order valence-electron chi connectivity index (χ3n) is 3.92. The zero-order chi connectivity index (χ0) is 20.0. The van der Waals surface area contributed by atoms with E-state index in [0.29, 0.717) is 41.9 Å². The van der Waals surface area contributed by atoms with Gasteiger partial charge in [-0.2, -0.15) is 0 Å². The fourth-order valence-electron chi connectivity index (χ4n) is 2.65. The van der Waals surface area contributed by atoms with Crippen LogP contribution in [-0.2, 0) is 4.79 Å². The van der Waals surface area contributed by atoms with E-state index in [1.54, 1.807) is 18.5 Å². The Kier molecular flexibility index (Phi) is 6.79. The Morgan fingerprint density at radius 1 is 1.30 bits per heavy atom. The van der Waals surface area contributed by atoms with Crippen LogP contribution < -0.4 is 10.6 Å². The number of fused-ring (bicyclic) bond motifs is 1. The van der Waals surface area contributed by atoms with Crippen molar-refractivity contribution in [2.45, 2.75) is 32.7 Å². The van der Waals surface area contributed by atoms with Gasteiger partial charge in [0.2, 0.25) is 5.91 Å². The first-order chi connectivity index (χ1) is 12.7. The van der Waals surface area contributed by atoms with E-state index in [9.17, 15) is 14.7 Å². The Bertz CT molecular complexity index is 822. The SMILES string of the molecule is CC(C)(C)N(CCCNc1c(NC(=O)CCl)cnc2cccnc12)C(=O)O. The van der Waals surface area contributed by atoms with Gasteiger partial charge in [0.05, 0.1) is 23.1 Å². The number of carbonyl (C=O) groups is 2. The van der Waals surface area contributed by atoms with Gasteiger partial charge in [0.1, 0.15) is 11.4 Å². The zero-order valence-electron chi connectivity index (χ0n) is 15.6. The summed E-state index contributed by atoms with van der Waals surface area (Å²) in [6.07, 6.45) is 2.83. The molecule has 2 amide bonds. The van der Waals surface area contributed by atoms with Crippen LogP contribution in [0, 0.1) is 0 Å². The molecule has 0 unspecified atom stereocenters. The number of carboxylic acid groups (broad SMARTS) is 1. The molecular weight excluding hydrogens is 370 g/mol. The fourth-order valence-corrected chi connectivity index (χ4v) is 2.71. The van der Waals surface area contributed by atoms with Crippen molar-refractivity contribution in [3.8, 4) is 0 Å². The molecular formula is C18H24ClN5O3. The smallest absolute Gasteiger partial charge is 0.407 e. The third kappa shape index (κ3) is 5.43. The van der Waals surface area contributed by atoms with Crippen LogP contribution in [0.4, 0.5) is 16.2 Å². The second-order valence-electron chi connectivity index (χ2n) is 6.99. The molecule has 2 aromatic rings. The van der Waals surface area contributed by atoms with E-state index < -0.39 is 11.6 Å². The highest BCUT2D eigenvalue weighted by Crippen LogP contribution is 2.28. The number of nitrogens with zero attached hydrogens (tertiary/aromatic N) is 3. The molecule has 0 bridgehead atoms. The van der Waals surface area contributed by atoms with Gasteiger partial charge in [-0.15, -0.1) is 11.6 Å². The minimum Gasteiger partial charge on any atom is -0.465 e. The van der Waals surface area contributed by atoms with E-state index in [-0.39, 0.29) is 11.8 Å². The summed E-state index contributed by atoms with van der Waals surface area (Å²) in [5.74, 6) is -0.514. The van der Waals surface area contributed by atoms with Crippen LogP contribution in [0.15, 0.2) is 24.5 Å². The molecule has 0 aliphatic carbocycles. The van der Waals surface area contributed by atoms with E-state index in [4.69, 9.17) is 11.6 Å². The first kappa shape index (κ1) is 20.7. The van der Waals surface area contributed by atoms with Crippen molar-refractivity contribution < 1.29 is 14.7 Å². The molecule has 0 saturated carbocycles. The molecule has 0 aliphatic heterocycles. The maximum absolute atomic E-state index is 11.7. The van der Waals surface area contributed by atoms with Crippen LogP contribution in [0.1, 0.15) is 27.2 Å². The van der Waals surface area contributed by atoms with Crippen LogP contribution in [0.25, 0.3) is 11.0 Å². The molecule has 0 fully saturated rings. The molecule has 0 spiro atoms. The van der Waals surface area contributed by atoms with Gasteiger partial charge in [0.15, 0.2) is 0 Å². The number of hydrogen-bond acceptors (Lipinski definition) is 5. The maximum Gasteiger partial charge on any atom is 0.407 e. The predicted molar refractivity (Wildman–Crippen MR) is 106 cm³/mol. The van der Waals surface area contributed by atoms with Crippen LogP contribution in [0.3, 0.4) is 0 Å². The average Bonchev–Trinajstić information content (AvgIpc) is 2.61. The summed E-state index contributed by atoms with van der Waals surface area (Å²) in [5.41, 5.74) is 1.95. The summed E-state index contributed by atoms with van der Waals surface area (Å²) < 4.78 is 0. The Hall–Kier alpha value is -2.61. The van der Waals surface area contributed by atoms with E-state index in [0.717, 1.165) is 0 Å². The van der Waals surface area contributed by atoms with E-state index in [1.807, 2.05) is 26.8 Å². The summed E-state index contributed by atoms with van der Waals surface area (Å²) in [6.45, 7) is 6.45. The second-order valence-corrected chi connectivity index (χ2v) is 7.25. The lowest BCUT2D eigenvalue weighted by molar-refractivity contribution is -0.113. The number of amides is 2. The number of hydrogen-bond donors (Lipinski definition) is 3. The summed E-state index contributed by atoms with van der Waals surface area (Å²) >= 11 is 5.58. The minimum absolute atomic E-state index is 0.168. The van der Waals surface area contributed by atoms with Crippen LogP contribution >= 0.6 is 11.6 Å². The van der Waals surface area contributed by atoms with Crippen molar-refractivity contribution >= 4 is 46.0 Å². The highest BCUT2D eigenvalue weighted by Gasteiger charge is 2.25. The Morgan fingerprint density at radius 2 is 2.04 bits per heavy atom. The number of carbonyl (C=O) groups excluding carboxylic acids is 1. The lowest BCUT2D eigenvalue weighted by atomic mass is 10.1. The predicted octanol–water partition coefficient (Wildman–Crippen LogP) is 3.39. The lowest BCUT2D eigenvalue weighted by Gasteiger charge is -2.33. The highest BCUT2D eigenvalue weighted by atomic mass is 35.5. The molecule has 2 rings (SSSR count). The summed E-state index contributed by atoms with van der Waals surface area (Å²) in [6, 6.07) is 3.61. The van der Waals surface area contributed by atoms with E-state index >= 15 is 0 Å². The van der Waals surface area contributed by atoms with E-state index in [2.05, 4.69) is 20.6 Å². The van der Waals surface area contributed by atoms with E-state index in [1.165, 1.54) is 4.90 Å². The van der Waals surface area contributed by atoms with Gasteiger partial charge in [-0.25, -0.2) is 4.79 Å². The Morgan fingerprint density at radius 3 is 2.67 bits per heavy atom. The molecule has 2 aromatic heterocycles. The van der Waals surface area contributed by atoms with Gasteiger partial charge in [-0.1, -0.05) is 0 Å². The number of anilines is 2. The number of halogens is 1. The van der Waals surface area contributed by atoms with Gasteiger partial charge in [0.25, 0.3) is 0 Å². The summed E-state index contributed by atoms with van der Waals surface area (Å²) in [7, 11) is 0. The van der Waals surface area contributed by atoms with Crippen molar-refractivity contribution in [3.05, 3.63) is 24.5 Å². The number of alkyl halides is 1. The molecule has 3 N–H and O–H groups in total. The largest absolute Gasteiger partial charge is 0.465 e. The molecule has 0 atom stereocenters. The van der Waals surface area contributed by atoms with Gasteiger partial charge in [0, 0.05) is 24.8 Å². The van der Waals surface area contributed by atoms with Crippen LogP contribution in [0.2, 0.25) is 0 Å². The van der Waals surface area contributed by atoms with Crippen molar-refractivity contribution in [2.75, 3.05) is 29.6 Å². The number of aromatic nitrogens is 2. The minimum atomic E-state index is -0.950. The third-order valence-corrected chi connectivity index (χ3v) is 4.16. The molecule has 8 nitrogen and oxygen atoms in total. The van der Waals surface area contributed by atoms with Gasteiger partial charge in [-0.05, 0) is 39.3 Å². The maximum atomic E-state index is 11.7. The topological polar surface area (TPSA) is 107 Å². The molecule has 0 radical (unpaired) electrons. The molecule has 27 heavy (non-hydrogen) atoms. The van der Waals surface area contributed by atoms with Crippen LogP contribution in [0.5, 0.6) is 0 Å². The summed E-state index contributed by atoms with van der Waals surface area (Å²) in [4.78, 5) is 33.1. The first-order valence-corrected chi connectivity index (χ1v) is 9.11. The first-order valence-electron chi connectivity index (χ1n) is 8.58. The standard InChI is InChI=1S/C18H24ClN5O3/c1-18(2,3)24(17(26)27)9-5-8-21-16-13(23-14(25)10-19)11-22-12-6-4-7-20-15(12)16/h4,6-7,11H,5,8-10H2,1-3H3,(H,21,22)(H,23,25)(H,26,27). The average molecular weight is 394 g/mol. The number of pyridine rings is 2. The Balaban J connectivity index is 2.15. The number of nitrogens with one attached hydrogen (secondary N) is 2. The monoisotopic (exact) mass is 393 g/mol. The molecule has 9 heteroatoms. The Labute approximate surface area is 162 Å². The highest BCUT2D eigenvalue weighted by molar-refractivity contribution is 6.29. The molecule has 146 valence electrons. The van der Waals surface area contributed by atoms with Crippen molar-refractivity contribution in [3.63, 3.8) is 0 Å². The fraction of sp³-hybridized carbons (Fsp3) is 0.444. The second kappa shape index (κ2) is 8.85. The van der Waals surface area contributed by atoms with Gasteiger partial charge >= 0.3 is 6.09 Å². The quantitative estimate of drug-likeness (QED) is 0.491. The molecule has 0 aliphatic rings. The molecule has 0 saturated heterocycles. The number of rotatable bonds is 7. The van der Waals surface area contributed by atoms with Gasteiger partial charge < -0.3 is 20.6 Å². The summed E-state index contributed by atoms with van der Waals surface area (Å²) in [5, 5.41) is 15.3. The van der Waals surface area contributed by atoms with Crippen molar-refractivity contribution in [2.24, 2.45) is 0 Å². The van der Waals surface area contributed by atoms with Crippen molar-refractivity contribution in [1.82, 2.24) is 14.9 Å². The normalized spacial score (nSPS) is 11.3. The van der Waals surface area contributed by atoms with Gasteiger partial charge in [-0.3, -0.25) is 14.8 Å². The molecule has 0 aromatic carbocycles. The zero-order valence-corrected chi connectivity index (χ0v) is 16.4.